The molecule has 3 rings (SSSR count). The smallest absolute Gasteiger partial charge is 0.215 e. The third kappa shape index (κ3) is 4.13. The van der Waals surface area contributed by atoms with Gasteiger partial charge < -0.3 is 9.52 Å². The Bertz CT molecular complexity index is 887. The molecule has 8 heteroatoms. The van der Waals surface area contributed by atoms with E-state index in [1.165, 1.54) is 17.6 Å². The van der Waals surface area contributed by atoms with Gasteiger partial charge in [-0.3, -0.25) is 0 Å². The first kappa shape index (κ1) is 18.2. The highest BCUT2D eigenvalue weighted by Gasteiger charge is 2.36. The van der Waals surface area contributed by atoms with E-state index < -0.39 is 15.6 Å². The van der Waals surface area contributed by atoms with Crippen molar-refractivity contribution in [2.45, 2.75) is 11.4 Å². The monoisotopic (exact) mass is 397 g/mol. The predicted molar refractivity (Wildman–Crippen MR) is 98.1 cm³/mol. The zero-order valence-electron chi connectivity index (χ0n) is 13.1. The van der Waals surface area contributed by atoms with Gasteiger partial charge in [0.2, 0.25) is 10.0 Å². The molecule has 0 aliphatic carbocycles. The van der Waals surface area contributed by atoms with E-state index in [2.05, 4.69) is 4.72 Å². The number of aliphatic hydroxyl groups is 1. The summed E-state index contributed by atoms with van der Waals surface area (Å²) >= 11 is 7.35. The topological polar surface area (TPSA) is 79.5 Å². The average molecular weight is 398 g/mol. The normalized spacial score (nSPS) is 14.3. The van der Waals surface area contributed by atoms with Gasteiger partial charge in [0.25, 0.3) is 0 Å². The lowest BCUT2D eigenvalue weighted by Gasteiger charge is -2.25. The minimum Gasteiger partial charge on any atom is -0.466 e. The van der Waals surface area contributed by atoms with E-state index in [0.717, 1.165) is 0 Å². The fourth-order valence-corrected chi connectivity index (χ4v) is 4.71. The summed E-state index contributed by atoms with van der Waals surface area (Å²) in [4.78, 5) is 0.586. The maximum Gasteiger partial charge on any atom is 0.215 e. The third-order valence-corrected chi connectivity index (χ3v) is 6.37. The number of sulfonamides is 1. The van der Waals surface area contributed by atoms with Crippen LogP contribution in [0.25, 0.3) is 0 Å². The van der Waals surface area contributed by atoms with E-state index in [4.69, 9.17) is 16.0 Å². The predicted octanol–water partition coefficient (Wildman–Crippen LogP) is 3.35. The average Bonchev–Trinajstić information content (AvgIpc) is 3.28. The Kier molecular flexibility index (Phi) is 5.31. The van der Waals surface area contributed by atoms with Gasteiger partial charge in [0, 0.05) is 9.90 Å². The van der Waals surface area contributed by atoms with Crippen LogP contribution in [-0.4, -0.2) is 20.1 Å². The number of hydrogen-bond acceptors (Lipinski definition) is 5. The molecular formula is C17H16ClNO4S2. The van der Waals surface area contributed by atoms with Crippen molar-refractivity contribution >= 4 is 33.0 Å². The summed E-state index contributed by atoms with van der Waals surface area (Å²) in [5.74, 6) is 0.00104. The molecule has 2 aromatic heterocycles. The van der Waals surface area contributed by atoms with Crippen LogP contribution in [0.4, 0.5) is 0 Å². The van der Waals surface area contributed by atoms with Crippen molar-refractivity contribution in [3.05, 3.63) is 81.4 Å². The van der Waals surface area contributed by atoms with Crippen molar-refractivity contribution in [3.63, 3.8) is 0 Å². The Morgan fingerprint density at radius 1 is 1.16 bits per heavy atom. The molecule has 3 aromatic rings. The largest absolute Gasteiger partial charge is 0.466 e. The quantitative estimate of drug-likeness (QED) is 0.640. The van der Waals surface area contributed by atoms with Crippen LogP contribution in [-0.2, 0) is 21.4 Å². The van der Waals surface area contributed by atoms with Gasteiger partial charge in [-0.2, -0.15) is 0 Å². The Morgan fingerprint density at radius 2 is 1.96 bits per heavy atom. The van der Waals surface area contributed by atoms with Crippen molar-refractivity contribution in [3.8, 4) is 0 Å². The van der Waals surface area contributed by atoms with Gasteiger partial charge in [0.1, 0.15) is 5.76 Å². The summed E-state index contributed by atoms with van der Waals surface area (Å²) in [6.07, 6.45) is 1.44. The molecule has 5 nitrogen and oxygen atoms in total. The Hall–Kier alpha value is -1.64. The summed E-state index contributed by atoms with van der Waals surface area (Å²) in [6, 6.07) is 13.5. The van der Waals surface area contributed by atoms with Gasteiger partial charge in [-0.25, -0.2) is 13.1 Å². The van der Waals surface area contributed by atoms with E-state index in [-0.39, 0.29) is 18.1 Å². The molecule has 0 aliphatic heterocycles. The zero-order chi connectivity index (χ0) is 17.9. The fraction of sp³-hybridized carbons (Fsp3) is 0.176. The number of nitrogens with one attached hydrogen (secondary N) is 1. The molecule has 0 fully saturated rings. The molecule has 0 bridgehead atoms. The molecule has 0 aliphatic rings. The highest BCUT2D eigenvalue weighted by Crippen LogP contribution is 2.33. The molecule has 1 aromatic carbocycles. The number of furan rings is 1. The molecular weight excluding hydrogens is 382 g/mol. The Morgan fingerprint density at radius 3 is 2.60 bits per heavy atom. The second kappa shape index (κ2) is 7.31. The number of thiophene rings is 1. The molecule has 0 radical (unpaired) electrons. The summed E-state index contributed by atoms with van der Waals surface area (Å²) in [5.41, 5.74) is -1.08. The number of rotatable bonds is 7. The van der Waals surface area contributed by atoms with E-state index in [9.17, 15) is 13.5 Å². The van der Waals surface area contributed by atoms with Crippen LogP contribution >= 0.6 is 22.9 Å². The zero-order valence-corrected chi connectivity index (χ0v) is 15.4. The van der Waals surface area contributed by atoms with Gasteiger partial charge in [0.05, 0.1) is 18.6 Å². The number of benzene rings is 1. The maximum atomic E-state index is 12.4. The molecule has 1 atom stereocenters. The lowest BCUT2D eigenvalue weighted by Crippen LogP contribution is -2.41. The van der Waals surface area contributed by atoms with Crippen molar-refractivity contribution in [2.75, 3.05) is 6.54 Å². The second-order valence-corrected chi connectivity index (χ2v) is 8.65. The summed E-state index contributed by atoms with van der Waals surface area (Å²) in [5, 5.41) is 13.3. The van der Waals surface area contributed by atoms with E-state index in [0.29, 0.717) is 15.5 Å². The number of hydrogen-bond donors (Lipinski definition) is 2. The van der Waals surface area contributed by atoms with Crippen LogP contribution < -0.4 is 4.72 Å². The highest BCUT2D eigenvalue weighted by molar-refractivity contribution is 7.88. The van der Waals surface area contributed by atoms with Gasteiger partial charge >= 0.3 is 0 Å². The minimum absolute atomic E-state index is 0.242. The van der Waals surface area contributed by atoms with Crippen molar-refractivity contribution in [1.29, 1.82) is 0 Å². The van der Waals surface area contributed by atoms with Gasteiger partial charge in [-0.15, -0.1) is 11.3 Å². The molecule has 0 amide bonds. The van der Waals surface area contributed by atoms with E-state index in [1.54, 1.807) is 48.5 Å². The molecule has 2 heterocycles. The standard InChI is InChI=1S/C17H16ClNO4S2/c18-14-6-2-1-5-13(14)11-25(21,22)19-12-17(20,15-7-3-9-23-15)16-8-4-10-24-16/h1-10,19-20H,11-12H2/t17-/m0/s1. The van der Waals surface area contributed by atoms with Crippen LogP contribution in [0, 0.1) is 0 Å². The van der Waals surface area contributed by atoms with Gasteiger partial charge in [-0.1, -0.05) is 35.9 Å². The molecule has 0 saturated carbocycles. The molecule has 25 heavy (non-hydrogen) atoms. The first-order valence-corrected chi connectivity index (χ1v) is 10.3. The van der Waals surface area contributed by atoms with Crippen molar-refractivity contribution < 1.29 is 17.9 Å². The SMILES string of the molecule is O=S(=O)(Cc1ccccc1Cl)NC[C@](O)(c1ccco1)c1cccs1. The first-order chi connectivity index (χ1) is 11.9. The van der Waals surface area contributed by atoms with E-state index in [1.807, 2.05) is 5.38 Å². The summed E-state index contributed by atoms with van der Waals surface area (Å²) in [6.45, 7) is -0.242. The minimum atomic E-state index is -3.70. The van der Waals surface area contributed by atoms with Crippen LogP contribution in [0.5, 0.6) is 0 Å². The molecule has 2 N–H and O–H groups in total. The number of halogens is 1. The first-order valence-electron chi connectivity index (χ1n) is 7.42. The molecule has 0 spiro atoms. The maximum absolute atomic E-state index is 12.4. The summed E-state index contributed by atoms with van der Waals surface area (Å²) < 4.78 is 32.6. The molecule has 0 unspecified atom stereocenters. The highest BCUT2D eigenvalue weighted by atomic mass is 35.5. The van der Waals surface area contributed by atoms with Crippen LogP contribution in [0.3, 0.4) is 0 Å². The van der Waals surface area contributed by atoms with Crippen LogP contribution in [0.15, 0.2) is 64.6 Å². The van der Waals surface area contributed by atoms with Gasteiger partial charge in [0.15, 0.2) is 5.60 Å². The molecule has 0 saturated heterocycles. The van der Waals surface area contributed by atoms with Crippen LogP contribution in [0.1, 0.15) is 16.2 Å². The Labute approximate surface area is 154 Å². The third-order valence-electron chi connectivity index (χ3n) is 3.71. The van der Waals surface area contributed by atoms with Crippen molar-refractivity contribution in [1.82, 2.24) is 4.72 Å². The second-order valence-electron chi connectivity index (χ2n) is 5.49. The fourth-order valence-electron chi connectivity index (χ4n) is 2.41. The lowest BCUT2D eigenvalue weighted by molar-refractivity contribution is 0.0655. The van der Waals surface area contributed by atoms with Gasteiger partial charge in [-0.05, 0) is 35.2 Å². The van der Waals surface area contributed by atoms with E-state index >= 15 is 0 Å². The van der Waals surface area contributed by atoms with Crippen LogP contribution in [0.2, 0.25) is 5.02 Å². The Balaban J connectivity index is 1.81. The molecule has 132 valence electrons. The van der Waals surface area contributed by atoms with Crippen molar-refractivity contribution in [2.24, 2.45) is 0 Å². The lowest BCUT2D eigenvalue weighted by atomic mass is 9.99. The summed E-state index contributed by atoms with van der Waals surface area (Å²) in [7, 11) is -3.70.